The number of carbonyl (C=O) groups is 2. The van der Waals surface area contributed by atoms with Crippen molar-refractivity contribution >= 4 is 39.1 Å². The van der Waals surface area contributed by atoms with Gasteiger partial charge in [0.1, 0.15) is 6.04 Å². The number of sulfonamides is 1. The molecule has 192 valence electrons. The average molecular weight is 522 g/mol. The van der Waals surface area contributed by atoms with Crippen LogP contribution in [-0.2, 0) is 26.2 Å². The highest BCUT2D eigenvalue weighted by Crippen LogP contribution is 2.23. The van der Waals surface area contributed by atoms with E-state index in [1.165, 1.54) is 10.6 Å². The highest BCUT2D eigenvalue weighted by molar-refractivity contribution is 7.92. The average Bonchev–Trinajstić information content (AvgIpc) is 2.76. The van der Waals surface area contributed by atoms with Gasteiger partial charge in [-0.25, -0.2) is 8.42 Å². The third-order valence-electron chi connectivity index (χ3n) is 5.65. The molecule has 0 unspecified atom stereocenters. The molecule has 0 saturated heterocycles. The Bertz CT molecular complexity index is 1100. The van der Waals surface area contributed by atoms with E-state index in [2.05, 4.69) is 5.32 Å². The van der Waals surface area contributed by atoms with Gasteiger partial charge in [-0.3, -0.25) is 13.9 Å². The van der Waals surface area contributed by atoms with E-state index in [-0.39, 0.29) is 31.3 Å². The number of rotatable bonds is 12. The molecule has 0 aliphatic rings. The molecule has 1 atom stereocenters. The fraction of sp³-hybridized carbons (Fsp3) is 0.462. The summed E-state index contributed by atoms with van der Waals surface area (Å²) >= 11 is 6.00. The SMILES string of the molecule is CCNC(=O)[C@@H](CC)N(Cc1ccc(Cl)cc1)C(=O)CCCN(c1cc(C)cc(C)c1)S(C)(=O)=O. The minimum atomic E-state index is -3.53. The van der Waals surface area contributed by atoms with Crippen LogP contribution in [0.1, 0.15) is 49.8 Å². The summed E-state index contributed by atoms with van der Waals surface area (Å²) in [6.07, 6.45) is 2.06. The number of nitrogens with one attached hydrogen (secondary N) is 1. The molecule has 0 heterocycles. The zero-order chi connectivity index (χ0) is 26.2. The van der Waals surface area contributed by atoms with Gasteiger partial charge in [0.25, 0.3) is 0 Å². The second-order valence-electron chi connectivity index (χ2n) is 8.75. The fourth-order valence-electron chi connectivity index (χ4n) is 4.10. The number of hydrogen-bond acceptors (Lipinski definition) is 4. The van der Waals surface area contributed by atoms with Crippen molar-refractivity contribution in [3.8, 4) is 0 Å². The van der Waals surface area contributed by atoms with Crippen molar-refractivity contribution < 1.29 is 18.0 Å². The van der Waals surface area contributed by atoms with Crippen molar-refractivity contribution in [3.05, 3.63) is 64.2 Å². The highest BCUT2D eigenvalue weighted by Gasteiger charge is 2.28. The summed E-state index contributed by atoms with van der Waals surface area (Å²) in [6, 6.07) is 12.2. The third kappa shape index (κ3) is 8.54. The number of anilines is 1. The van der Waals surface area contributed by atoms with Gasteiger partial charge in [0.05, 0.1) is 11.9 Å². The number of benzene rings is 2. The standard InChI is InChI=1S/C26H36ClN3O4S/c1-6-24(26(32)28-7-2)29(18-21-10-12-22(27)13-11-21)25(31)9-8-14-30(35(5,33)34)23-16-19(3)15-20(4)17-23/h10-13,15-17,24H,6-9,14,18H2,1-5H3,(H,28,32)/t24-/m1/s1. The van der Waals surface area contributed by atoms with E-state index in [1.807, 2.05) is 58.0 Å². The van der Waals surface area contributed by atoms with Gasteiger partial charge in [0, 0.05) is 31.1 Å². The first-order valence-electron chi connectivity index (χ1n) is 11.8. The van der Waals surface area contributed by atoms with E-state index in [1.54, 1.807) is 17.0 Å². The van der Waals surface area contributed by atoms with Crippen molar-refractivity contribution in [1.82, 2.24) is 10.2 Å². The predicted octanol–water partition coefficient (Wildman–Crippen LogP) is 4.45. The highest BCUT2D eigenvalue weighted by atomic mass is 35.5. The van der Waals surface area contributed by atoms with E-state index in [0.29, 0.717) is 30.1 Å². The van der Waals surface area contributed by atoms with Crippen molar-refractivity contribution in [2.75, 3.05) is 23.7 Å². The lowest BCUT2D eigenvalue weighted by Crippen LogP contribution is -2.49. The molecule has 2 aromatic carbocycles. The summed E-state index contributed by atoms with van der Waals surface area (Å²) < 4.78 is 26.4. The van der Waals surface area contributed by atoms with Gasteiger partial charge in [0.2, 0.25) is 21.8 Å². The Hall–Kier alpha value is -2.58. The number of aryl methyl sites for hydroxylation is 2. The molecule has 7 nitrogen and oxygen atoms in total. The summed E-state index contributed by atoms with van der Waals surface area (Å²) in [4.78, 5) is 27.6. The number of carbonyl (C=O) groups excluding carboxylic acids is 2. The van der Waals surface area contributed by atoms with Gasteiger partial charge in [-0.2, -0.15) is 0 Å². The second kappa shape index (κ2) is 12.9. The van der Waals surface area contributed by atoms with Gasteiger partial charge in [-0.1, -0.05) is 36.7 Å². The molecule has 2 aromatic rings. The van der Waals surface area contributed by atoms with Crippen LogP contribution in [0.5, 0.6) is 0 Å². The largest absolute Gasteiger partial charge is 0.355 e. The second-order valence-corrected chi connectivity index (χ2v) is 11.1. The molecular formula is C26H36ClN3O4S. The van der Waals surface area contributed by atoms with Crippen LogP contribution in [0.4, 0.5) is 5.69 Å². The molecule has 0 aliphatic carbocycles. The molecule has 9 heteroatoms. The maximum atomic E-state index is 13.4. The van der Waals surface area contributed by atoms with Gasteiger partial charge >= 0.3 is 0 Å². The summed E-state index contributed by atoms with van der Waals surface area (Å²) in [5.74, 6) is -0.405. The van der Waals surface area contributed by atoms with Crippen LogP contribution < -0.4 is 9.62 Å². The lowest BCUT2D eigenvalue weighted by atomic mass is 10.1. The van der Waals surface area contributed by atoms with Crippen LogP contribution in [0.2, 0.25) is 5.02 Å². The van der Waals surface area contributed by atoms with E-state index >= 15 is 0 Å². The van der Waals surface area contributed by atoms with Gasteiger partial charge in [-0.05, 0) is 74.6 Å². The molecule has 0 aliphatic heterocycles. The maximum Gasteiger partial charge on any atom is 0.242 e. The zero-order valence-corrected chi connectivity index (χ0v) is 22.7. The van der Waals surface area contributed by atoms with Crippen LogP contribution in [0.15, 0.2) is 42.5 Å². The molecule has 2 amide bonds. The minimum Gasteiger partial charge on any atom is -0.355 e. The molecule has 0 bridgehead atoms. The fourth-order valence-corrected chi connectivity index (χ4v) is 5.17. The number of halogens is 1. The Kier molecular flexibility index (Phi) is 10.6. The molecule has 0 aromatic heterocycles. The van der Waals surface area contributed by atoms with Gasteiger partial charge in [-0.15, -0.1) is 0 Å². The van der Waals surface area contributed by atoms with E-state index in [9.17, 15) is 18.0 Å². The van der Waals surface area contributed by atoms with Crippen molar-refractivity contribution in [2.24, 2.45) is 0 Å². The Morgan fingerprint density at radius 3 is 2.14 bits per heavy atom. The van der Waals surface area contributed by atoms with Crippen molar-refractivity contribution in [2.45, 2.75) is 59.5 Å². The summed E-state index contributed by atoms with van der Waals surface area (Å²) in [5, 5.41) is 3.40. The number of amides is 2. The maximum absolute atomic E-state index is 13.4. The van der Waals surface area contributed by atoms with Crippen LogP contribution in [0.25, 0.3) is 0 Å². The third-order valence-corrected chi connectivity index (χ3v) is 7.10. The Morgan fingerprint density at radius 1 is 1.03 bits per heavy atom. The Balaban J connectivity index is 2.22. The van der Waals surface area contributed by atoms with Crippen LogP contribution in [-0.4, -0.2) is 50.5 Å². The molecular weight excluding hydrogens is 486 g/mol. The predicted molar refractivity (Wildman–Crippen MR) is 142 cm³/mol. The smallest absolute Gasteiger partial charge is 0.242 e. The Labute approximate surface area is 214 Å². The molecule has 0 radical (unpaired) electrons. The van der Waals surface area contributed by atoms with Crippen LogP contribution in [0.3, 0.4) is 0 Å². The molecule has 35 heavy (non-hydrogen) atoms. The quantitative estimate of drug-likeness (QED) is 0.447. The topological polar surface area (TPSA) is 86.8 Å². The van der Waals surface area contributed by atoms with E-state index in [0.717, 1.165) is 16.7 Å². The summed E-state index contributed by atoms with van der Waals surface area (Å²) in [5.41, 5.74) is 3.38. The van der Waals surface area contributed by atoms with Gasteiger partial charge < -0.3 is 10.2 Å². The lowest BCUT2D eigenvalue weighted by Gasteiger charge is -2.31. The summed E-state index contributed by atoms with van der Waals surface area (Å²) in [6.45, 7) is 8.44. The Morgan fingerprint density at radius 2 is 1.63 bits per heavy atom. The first-order valence-corrected chi connectivity index (χ1v) is 14.1. The monoisotopic (exact) mass is 521 g/mol. The minimum absolute atomic E-state index is 0.111. The van der Waals surface area contributed by atoms with E-state index in [4.69, 9.17) is 11.6 Å². The number of nitrogens with zero attached hydrogens (tertiary/aromatic N) is 2. The lowest BCUT2D eigenvalue weighted by molar-refractivity contribution is -0.141. The summed E-state index contributed by atoms with van der Waals surface area (Å²) in [7, 11) is -3.53. The molecule has 0 saturated carbocycles. The normalized spacial score (nSPS) is 12.2. The molecule has 2 rings (SSSR count). The van der Waals surface area contributed by atoms with Crippen molar-refractivity contribution in [1.29, 1.82) is 0 Å². The van der Waals surface area contributed by atoms with E-state index < -0.39 is 16.1 Å². The molecule has 1 N–H and O–H groups in total. The molecule has 0 fully saturated rings. The first kappa shape index (κ1) is 28.7. The zero-order valence-electron chi connectivity index (χ0n) is 21.2. The van der Waals surface area contributed by atoms with Gasteiger partial charge in [0.15, 0.2) is 0 Å². The van der Waals surface area contributed by atoms with Crippen LogP contribution >= 0.6 is 11.6 Å². The van der Waals surface area contributed by atoms with Crippen LogP contribution in [0, 0.1) is 13.8 Å². The van der Waals surface area contributed by atoms with Crippen molar-refractivity contribution in [3.63, 3.8) is 0 Å². The molecule has 0 spiro atoms. The number of likely N-dealkylation sites (N-methyl/N-ethyl adjacent to an activating group) is 1. The number of hydrogen-bond donors (Lipinski definition) is 1. The first-order chi connectivity index (χ1) is 16.5.